The van der Waals surface area contributed by atoms with Gasteiger partial charge >= 0.3 is 12.1 Å². The Kier molecular flexibility index (Phi) is 6.39. The van der Waals surface area contributed by atoms with Crippen LogP contribution in [0.3, 0.4) is 0 Å². The van der Waals surface area contributed by atoms with Crippen LogP contribution < -0.4 is 10.1 Å². The van der Waals surface area contributed by atoms with Crippen molar-refractivity contribution in [1.29, 1.82) is 0 Å². The fourth-order valence-corrected chi connectivity index (χ4v) is 1.55. The third-order valence-electron chi connectivity index (χ3n) is 2.33. The lowest BCUT2D eigenvalue weighted by Crippen LogP contribution is -2.35. The molecule has 1 aromatic rings. The number of carboxylic acids is 1. The van der Waals surface area contributed by atoms with Crippen LogP contribution in [-0.2, 0) is 9.53 Å². The molecule has 0 spiro atoms. The van der Waals surface area contributed by atoms with Gasteiger partial charge in [-0.2, -0.15) is 0 Å². The minimum absolute atomic E-state index is 0.342. The summed E-state index contributed by atoms with van der Waals surface area (Å²) < 4.78 is 7.81. The molecule has 116 valence electrons. The molecule has 9 heteroatoms. The van der Waals surface area contributed by atoms with Crippen LogP contribution in [0.1, 0.15) is 11.6 Å². The SMILES string of the molecule is COc1ccc([C@@H](NC(=O)OCC(Cl)(Cl)Cl)C(=O)O)cc1. The highest BCUT2D eigenvalue weighted by atomic mass is 35.6. The van der Waals surface area contributed by atoms with Gasteiger partial charge in [0.1, 0.15) is 12.4 Å². The molecule has 0 fully saturated rings. The molecule has 1 aromatic carbocycles. The molecular formula is C12H12Cl3NO5. The Hall–Kier alpha value is -1.37. The van der Waals surface area contributed by atoms with E-state index in [4.69, 9.17) is 44.6 Å². The molecule has 0 aliphatic rings. The summed E-state index contributed by atoms with van der Waals surface area (Å²) in [6.07, 6.45) is -1.01. The first-order valence-corrected chi connectivity index (χ1v) is 6.73. The van der Waals surface area contributed by atoms with E-state index >= 15 is 0 Å². The summed E-state index contributed by atoms with van der Waals surface area (Å²) in [6, 6.07) is 4.86. The van der Waals surface area contributed by atoms with Crippen molar-refractivity contribution in [2.75, 3.05) is 13.7 Å². The molecule has 0 radical (unpaired) electrons. The van der Waals surface area contributed by atoms with Gasteiger partial charge in [-0.1, -0.05) is 46.9 Å². The number of carbonyl (C=O) groups is 2. The van der Waals surface area contributed by atoms with Crippen LogP contribution in [0.25, 0.3) is 0 Å². The molecule has 6 nitrogen and oxygen atoms in total. The topological polar surface area (TPSA) is 84.9 Å². The standard InChI is InChI=1S/C12H12Cl3NO5/c1-20-8-4-2-7(3-5-8)9(10(17)18)16-11(19)21-6-12(13,14)15/h2-5,9H,6H2,1H3,(H,16,19)(H,17,18)/t9-/m1/s1. The minimum atomic E-state index is -1.77. The van der Waals surface area contributed by atoms with Gasteiger partial charge in [0.15, 0.2) is 6.04 Å². The predicted octanol–water partition coefficient (Wildman–Crippen LogP) is 2.92. The number of carbonyl (C=O) groups excluding carboxylic acids is 1. The molecule has 0 aromatic heterocycles. The smallest absolute Gasteiger partial charge is 0.408 e. The molecule has 1 atom stereocenters. The highest BCUT2D eigenvalue weighted by Crippen LogP contribution is 2.26. The fraction of sp³-hybridized carbons (Fsp3) is 0.333. The second-order valence-corrected chi connectivity index (χ2v) is 6.40. The number of alkyl halides is 3. The Morgan fingerprint density at radius 2 is 1.86 bits per heavy atom. The highest BCUT2D eigenvalue weighted by molar-refractivity contribution is 6.67. The van der Waals surface area contributed by atoms with E-state index in [1.807, 2.05) is 0 Å². The predicted molar refractivity (Wildman–Crippen MR) is 78.1 cm³/mol. The quantitative estimate of drug-likeness (QED) is 0.792. The number of hydrogen-bond acceptors (Lipinski definition) is 4. The number of carboxylic acid groups (broad SMARTS) is 1. The molecule has 0 saturated heterocycles. The molecular weight excluding hydrogens is 344 g/mol. The molecule has 21 heavy (non-hydrogen) atoms. The van der Waals surface area contributed by atoms with E-state index in [9.17, 15) is 9.59 Å². The monoisotopic (exact) mass is 355 g/mol. The van der Waals surface area contributed by atoms with Gasteiger partial charge in [0, 0.05) is 0 Å². The van der Waals surface area contributed by atoms with E-state index < -0.39 is 28.5 Å². The molecule has 0 aliphatic heterocycles. The Morgan fingerprint density at radius 3 is 2.29 bits per heavy atom. The molecule has 0 unspecified atom stereocenters. The normalized spacial score (nSPS) is 12.4. The van der Waals surface area contributed by atoms with Crippen LogP contribution in [0.4, 0.5) is 4.79 Å². The molecule has 2 N–H and O–H groups in total. The van der Waals surface area contributed by atoms with Crippen molar-refractivity contribution in [2.45, 2.75) is 9.83 Å². The van der Waals surface area contributed by atoms with E-state index in [1.165, 1.54) is 19.2 Å². The fourth-order valence-electron chi connectivity index (χ4n) is 1.39. The Balaban J connectivity index is 2.73. The summed E-state index contributed by atoms with van der Waals surface area (Å²) in [5.41, 5.74) is 0.342. The molecule has 0 saturated carbocycles. The molecule has 0 heterocycles. The summed E-state index contributed by atoms with van der Waals surface area (Å²) >= 11 is 16.3. The van der Waals surface area contributed by atoms with Crippen LogP contribution >= 0.6 is 34.8 Å². The number of halogens is 3. The van der Waals surface area contributed by atoms with Gasteiger partial charge in [-0.15, -0.1) is 0 Å². The summed E-state index contributed by atoms with van der Waals surface area (Å²) in [6.45, 7) is -0.502. The van der Waals surface area contributed by atoms with Gasteiger partial charge in [-0.3, -0.25) is 0 Å². The van der Waals surface area contributed by atoms with Crippen molar-refractivity contribution in [3.63, 3.8) is 0 Å². The van der Waals surface area contributed by atoms with E-state index in [1.54, 1.807) is 12.1 Å². The largest absolute Gasteiger partial charge is 0.497 e. The third kappa shape index (κ3) is 6.29. The number of hydrogen-bond donors (Lipinski definition) is 2. The van der Waals surface area contributed by atoms with Crippen LogP contribution in [0.2, 0.25) is 0 Å². The first-order valence-electron chi connectivity index (χ1n) is 5.59. The highest BCUT2D eigenvalue weighted by Gasteiger charge is 2.26. The Morgan fingerprint density at radius 1 is 1.29 bits per heavy atom. The number of aliphatic carboxylic acids is 1. The summed E-state index contributed by atoms with van der Waals surface area (Å²) in [5.74, 6) is -0.701. The zero-order valence-corrected chi connectivity index (χ0v) is 13.1. The summed E-state index contributed by atoms with van der Waals surface area (Å²) in [4.78, 5) is 22.7. The summed E-state index contributed by atoms with van der Waals surface area (Å²) in [5, 5.41) is 11.3. The van der Waals surface area contributed by atoms with Crippen molar-refractivity contribution >= 4 is 46.9 Å². The molecule has 0 aliphatic carbocycles. The van der Waals surface area contributed by atoms with Crippen LogP contribution in [-0.4, -0.2) is 34.7 Å². The van der Waals surface area contributed by atoms with Crippen LogP contribution in [0, 0.1) is 0 Å². The van der Waals surface area contributed by atoms with Gasteiger partial charge in [0.2, 0.25) is 3.79 Å². The van der Waals surface area contributed by atoms with Crippen molar-refractivity contribution in [3.05, 3.63) is 29.8 Å². The lowest BCUT2D eigenvalue weighted by molar-refractivity contribution is -0.139. The Bertz CT molecular complexity index is 501. The second kappa shape index (κ2) is 7.59. The van der Waals surface area contributed by atoms with Crippen LogP contribution in [0.5, 0.6) is 5.75 Å². The number of methoxy groups -OCH3 is 1. The van der Waals surface area contributed by atoms with Crippen LogP contribution in [0.15, 0.2) is 24.3 Å². The molecule has 1 rings (SSSR count). The first kappa shape index (κ1) is 17.7. The van der Waals surface area contributed by atoms with Gasteiger partial charge < -0.3 is 19.9 Å². The molecule has 0 bridgehead atoms. The zero-order chi connectivity index (χ0) is 16.0. The van der Waals surface area contributed by atoms with Gasteiger partial charge in [-0.05, 0) is 17.7 Å². The third-order valence-corrected chi connectivity index (χ3v) is 2.65. The number of ether oxygens (including phenoxy) is 2. The van der Waals surface area contributed by atoms with Gasteiger partial charge in [0.25, 0.3) is 0 Å². The second-order valence-electron chi connectivity index (χ2n) is 3.88. The van der Waals surface area contributed by atoms with Crippen molar-refractivity contribution in [1.82, 2.24) is 5.32 Å². The summed E-state index contributed by atoms with van der Waals surface area (Å²) in [7, 11) is 1.48. The van der Waals surface area contributed by atoms with Crippen molar-refractivity contribution in [2.24, 2.45) is 0 Å². The van der Waals surface area contributed by atoms with Crippen molar-refractivity contribution < 1.29 is 24.2 Å². The maximum Gasteiger partial charge on any atom is 0.408 e. The minimum Gasteiger partial charge on any atom is -0.497 e. The van der Waals surface area contributed by atoms with E-state index in [0.29, 0.717) is 11.3 Å². The van der Waals surface area contributed by atoms with Crippen molar-refractivity contribution in [3.8, 4) is 5.75 Å². The number of nitrogens with one attached hydrogen (secondary N) is 1. The maximum atomic E-state index is 11.5. The first-order chi connectivity index (χ1) is 9.73. The van der Waals surface area contributed by atoms with E-state index in [2.05, 4.69) is 10.1 Å². The number of amides is 1. The van der Waals surface area contributed by atoms with Gasteiger partial charge in [-0.25, -0.2) is 9.59 Å². The lowest BCUT2D eigenvalue weighted by Gasteiger charge is -2.17. The Labute approximate surface area is 135 Å². The number of alkyl carbamates (subject to hydrolysis) is 1. The molecule has 1 amide bonds. The van der Waals surface area contributed by atoms with Gasteiger partial charge in [0.05, 0.1) is 7.11 Å². The average molecular weight is 357 g/mol. The van der Waals surface area contributed by atoms with E-state index in [-0.39, 0.29) is 0 Å². The lowest BCUT2D eigenvalue weighted by atomic mass is 10.1. The average Bonchev–Trinajstić information content (AvgIpc) is 2.41. The zero-order valence-electron chi connectivity index (χ0n) is 10.8. The maximum absolute atomic E-state index is 11.5. The van der Waals surface area contributed by atoms with E-state index in [0.717, 1.165) is 0 Å². The number of benzene rings is 1. The number of rotatable bonds is 5.